The van der Waals surface area contributed by atoms with Crippen LogP contribution in [0.3, 0.4) is 0 Å². The van der Waals surface area contributed by atoms with E-state index in [-0.39, 0.29) is 12.4 Å². The first-order chi connectivity index (χ1) is 13.2. The summed E-state index contributed by atoms with van der Waals surface area (Å²) in [6, 6.07) is 16.0. The standard InChI is InChI=1S/C23H32N2O2.ClH/c1-4-27-23-14-7-18(17-5-12-22(26-3)13-6-17)15-19(23)16-25-21-10-8-20(24-2)9-11-21;/h5-7,12-15,20-21,24-25H,4,8-11,16H2,1-3H3;1H. The highest BCUT2D eigenvalue weighted by Gasteiger charge is 2.19. The molecular formula is C23H33ClN2O2. The van der Waals surface area contributed by atoms with Crippen molar-refractivity contribution in [1.82, 2.24) is 10.6 Å². The van der Waals surface area contributed by atoms with Gasteiger partial charge in [-0.15, -0.1) is 12.4 Å². The van der Waals surface area contributed by atoms with Crippen LogP contribution in [-0.2, 0) is 6.54 Å². The van der Waals surface area contributed by atoms with Gasteiger partial charge in [-0.2, -0.15) is 0 Å². The monoisotopic (exact) mass is 404 g/mol. The number of hydrogen-bond acceptors (Lipinski definition) is 4. The zero-order valence-corrected chi connectivity index (χ0v) is 18.0. The van der Waals surface area contributed by atoms with Crippen molar-refractivity contribution in [2.24, 2.45) is 0 Å². The van der Waals surface area contributed by atoms with Crippen molar-refractivity contribution in [2.75, 3.05) is 20.8 Å². The summed E-state index contributed by atoms with van der Waals surface area (Å²) in [4.78, 5) is 0. The predicted molar refractivity (Wildman–Crippen MR) is 119 cm³/mol. The van der Waals surface area contributed by atoms with Gasteiger partial charge in [0.2, 0.25) is 0 Å². The number of hydrogen-bond donors (Lipinski definition) is 2. The molecule has 0 amide bonds. The maximum Gasteiger partial charge on any atom is 0.123 e. The summed E-state index contributed by atoms with van der Waals surface area (Å²) in [5.74, 6) is 1.86. The molecule has 1 fully saturated rings. The first-order valence-electron chi connectivity index (χ1n) is 10.0. The number of rotatable bonds is 8. The molecule has 0 bridgehead atoms. The molecule has 3 rings (SSSR count). The van der Waals surface area contributed by atoms with E-state index < -0.39 is 0 Å². The van der Waals surface area contributed by atoms with Crippen LogP contribution in [0.4, 0.5) is 0 Å². The first-order valence-corrected chi connectivity index (χ1v) is 10.0. The van der Waals surface area contributed by atoms with Crippen LogP contribution in [0.1, 0.15) is 38.2 Å². The lowest BCUT2D eigenvalue weighted by molar-refractivity contribution is 0.310. The summed E-state index contributed by atoms with van der Waals surface area (Å²) in [5, 5.41) is 7.15. The van der Waals surface area contributed by atoms with Crippen molar-refractivity contribution < 1.29 is 9.47 Å². The maximum absolute atomic E-state index is 5.87. The van der Waals surface area contributed by atoms with Gasteiger partial charge >= 0.3 is 0 Å². The zero-order chi connectivity index (χ0) is 19.1. The van der Waals surface area contributed by atoms with Crippen LogP contribution in [-0.4, -0.2) is 32.8 Å². The smallest absolute Gasteiger partial charge is 0.123 e. The van der Waals surface area contributed by atoms with E-state index in [0.29, 0.717) is 18.7 Å². The molecule has 1 aliphatic rings. The summed E-state index contributed by atoms with van der Waals surface area (Å²) in [5.41, 5.74) is 3.62. The molecule has 1 saturated carbocycles. The molecule has 0 radical (unpaired) electrons. The summed E-state index contributed by atoms with van der Waals surface area (Å²) >= 11 is 0. The van der Waals surface area contributed by atoms with Crippen LogP contribution in [0.2, 0.25) is 0 Å². The summed E-state index contributed by atoms with van der Waals surface area (Å²) in [6.07, 6.45) is 4.96. The molecule has 0 spiro atoms. The minimum Gasteiger partial charge on any atom is -0.497 e. The molecule has 0 saturated heterocycles. The molecule has 0 unspecified atom stereocenters. The maximum atomic E-state index is 5.87. The van der Waals surface area contributed by atoms with Crippen molar-refractivity contribution in [2.45, 2.75) is 51.2 Å². The zero-order valence-electron chi connectivity index (χ0n) is 17.2. The van der Waals surface area contributed by atoms with Gasteiger partial charge in [0, 0.05) is 24.2 Å². The van der Waals surface area contributed by atoms with Crippen LogP contribution in [0.15, 0.2) is 42.5 Å². The van der Waals surface area contributed by atoms with Crippen molar-refractivity contribution in [3.05, 3.63) is 48.0 Å². The molecule has 28 heavy (non-hydrogen) atoms. The Morgan fingerprint density at radius 1 is 0.929 bits per heavy atom. The van der Waals surface area contributed by atoms with Crippen molar-refractivity contribution in [1.29, 1.82) is 0 Å². The van der Waals surface area contributed by atoms with E-state index in [1.807, 2.05) is 19.1 Å². The van der Waals surface area contributed by atoms with E-state index in [9.17, 15) is 0 Å². The molecule has 0 atom stereocenters. The topological polar surface area (TPSA) is 42.5 Å². The number of benzene rings is 2. The normalized spacial score (nSPS) is 19.0. The minimum atomic E-state index is 0. The number of ether oxygens (including phenoxy) is 2. The molecule has 0 aromatic heterocycles. The number of methoxy groups -OCH3 is 1. The van der Waals surface area contributed by atoms with Crippen molar-refractivity contribution >= 4 is 12.4 Å². The lowest BCUT2D eigenvalue weighted by Crippen LogP contribution is -2.38. The third-order valence-electron chi connectivity index (χ3n) is 5.50. The molecule has 0 aliphatic heterocycles. The van der Waals surface area contributed by atoms with Gasteiger partial charge in [-0.1, -0.05) is 18.2 Å². The van der Waals surface area contributed by atoms with E-state index in [4.69, 9.17) is 9.47 Å². The van der Waals surface area contributed by atoms with Gasteiger partial charge in [-0.25, -0.2) is 0 Å². The second-order valence-corrected chi connectivity index (χ2v) is 7.20. The van der Waals surface area contributed by atoms with Gasteiger partial charge in [-0.05, 0) is 75.0 Å². The Morgan fingerprint density at radius 3 is 2.18 bits per heavy atom. The average Bonchev–Trinajstić information content (AvgIpc) is 2.73. The van der Waals surface area contributed by atoms with Crippen LogP contribution >= 0.6 is 12.4 Å². The van der Waals surface area contributed by atoms with E-state index in [1.165, 1.54) is 42.4 Å². The lowest BCUT2D eigenvalue weighted by atomic mass is 9.91. The third-order valence-corrected chi connectivity index (χ3v) is 5.50. The molecule has 2 aromatic rings. The van der Waals surface area contributed by atoms with E-state index in [1.54, 1.807) is 7.11 Å². The van der Waals surface area contributed by atoms with Gasteiger partial charge in [-0.3, -0.25) is 0 Å². The van der Waals surface area contributed by atoms with Gasteiger partial charge in [0.15, 0.2) is 0 Å². The van der Waals surface area contributed by atoms with Crippen molar-refractivity contribution in [3.8, 4) is 22.6 Å². The summed E-state index contributed by atoms with van der Waals surface area (Å²) < 4.78 is 11.1. The number of halogens is 1. The Bertz CT molecular complexity index is 713. The highest BCUT2D eigenvalue weighted by atomic mass is 35.5. The molecule has 5 heteroatoms. The Balaban J connectivity index is 0.00000280. The fourth-order valence-corrected chi connectivity index (χ4v) is 3.82. The molecule has 0 heterocycles. The fraction of sp³-hybridized carbons (Fsp3) is 0.478. The van der Waals surface area contributed by atoms with Crippen LogP contribution in [0.25, 0.3) is 11.1 Å². The highest BCUT2D eigenvalue weighted by Crippen LogP contribution is 2.29. The minimum absolute atomic E-state index is 0. The highest BCUT2D eigenvalue weighted by molar-refractivity contribution is 5.85. The molecule has 1 aliphatic carbocycles. The molecule has 2 aromatic carbocycles. The second-order valence-electron chi connectivity index (χ2n) is 7.20. The fourth-order valence-electron chi connectivity index (χ4n) is 3.82. The second kappa shape index (κ2) is 11.3. The number of nitrogens with one attached hydrogen (secondary N) is 2. The van der Waals surface area contributed by atoms with Gasteiger partial charge < -0.3 is 20.1 Å². The Morgan fingerprint density at radius 2 is 1.57 bits per heavy atom. The van der Waals surface area contributed by atoms with Gasteiger partial charge in [0.25, 0.3) is 0 Å². The summed E-state index contributed by atoms with van der Waals surface area (Å²) in [7, 11) is 3.76. The Labute approximate surface area is 175 Å². The third kappa shape index (κ3) is 5.87. The van der Waals surface area contributed by atoms with Crippen LogP contribution in [0, 0.1) is 0 Å². The molecule has 2 N–H and O–H groups in total. The Kier molecular flexibility index (Phi) is 9.10. The lowest BCUT2D eigenvalue weighted by Gasteiger charge is -2.29. The summed E-state index contributed by atoms with van der Waals surface area (Å²) in [6.45, 7) is 3.56. The van der Waals surface area contributed by atoms with Crippen LogP contribution < -0.4 is 20.1 Å². The van der Waals surface area contributed by atoms with E-state index in [0.717, 1.165) is 18.0 Å². The SMILES string of the molecule is CCOc1ccc(-c2ccc(OC)cc2)cc1CNC1CCC(NC)CC1.Cl. The largest absolute Gasteiger partial charge is 0.497 e. The van der Waals surface area contributed by atoms with E-state index in [2.05, 4.69) is 48.0 Å². The van der Waals surface area contributed by atoms with Crippen LogP contribution in [0.5, 0.6) is 11.5 Å². The van der Waals surface area contributed by atoms with Crippen molar-refractivity contribution in [3.63, 3.8) is 0 Å². The van der Waals surface area contributed by atoms with Gasteiger partial charge in [0.05, 0.1) is 13.7 Å². The predicted octanol–water partition coefficient (Wildman–Crippen LogP) is 4.80. The quantitative estimate of drug-likeness (QED) is 0.663. The van der Waals surface area contributed by atoms with E-state index >= 15 is 0 Å². The van der Waals surface area contributed by atoms with Gasteiger partial charge in [0.1, 0.15) is 11.5 Å². The first kappa shape index (κ1) is 22.5. The Hall–Kier alpha value is -1.75. The molecule has 4 nitrogen and oxygen atoms in total. The molecule has 154 valence electrons. The average molecular weight is 405 g/mol. The molecular weight excluding hydrogens is 372 g/mol.